The van der Waals surface area contributed by atoms with Crippen molar-refractivity contribution in [1.29, 1.82) is 0 Å². The number of anilines is 1. The molecule has 1 heterocycles. The van der Waals surface area contributed by atoms with E-state index in [9.17, 15) is 14.0 Å². The number of halogens is 1. The molecule has 0 spiro atoms. The number of fused-ring (bicyclic) bond motifs is 2. The van der Waals surface area contributed by atoms with Crippen molar-refractivity contribution in [3.63, 3.8) is 0 Å². The van der Waals surface area contributed by atoms with Gasteiger partial charge in [-0.3, -0.25) is 9.59 Å². The first-order valence-electron chi connectivity index (χ1n) is 10.3. The van der Waals surface area contributed by atoms with Crippen molar-refractivity contribution in [1.82, 2.24) is 0 Å². The van der Waals surface area contributed by atoms with E-state index in [2.05, 4.69) is 17.0 Å². The van der Waals surface area contributed by atoms with E-state index in [1.165, 1.54) is 62.2 Å². The highest BCUT2D eigenvalue weighted by molar-refractivity contribution is 6.01. The molecule has 0 aromatic heterocycles. The number of hydrogen-bond donors (Lipinski definition) is 0. The van der Waals surface area contributed by atoms with E-state index >= 15 is 0 Å². The third kappa shape index (κ3) is 4.01. The predicted octanol–water partition coefficient (Wildman–Crippen LogP) is 5.15. The monoisotopic (exact) mass is 379 g/mol. The van der Waals surface area contributed by atoms with Crippen molar-refractivity contribution in [2.75, 3.05) is 18.0 Å². The summed E-state index contributed by atoms with van der Waals surface area (Å²) in [6, 6.07) is 10.8. The molecule has 2 aliphatic carbocycles. The molecule has 5 rings (SSSR count). The van der Waals surface area contributed by atoms with Crippen molar-refractivity contribution >= 4 is 17.3 Å². The molecule has 0 amide bonds. The van der Waals surface area contributed by atoms with Gasteiger partial charge in [0.25, 0.3) is 0 Å². The van der Waals surface area contributed by atoms with E-state index < -0.39 is 0 Å². The molecule has 1 saturated heterocycles. The van der Waals surface area contributed by atoms with Gasteiger partial charge in [-0.2, -0.15) is 0 Å². The van der Waals surface area contributed by atoms with E-state index in [1.54, 1.807) is 6.07 Å². The second-order valence-electron chi connectivity index (χ2n) is 7.89. The fourth-order valence-corrected chi connectivity index (χ4v) is 4.39. The molecule has 3 aliphatic rings. The fourth-order valence-electron chi connectivity index (χ4n) is 4.39. The number of ketones is 2. The van der Waals surface area contributed by atoms with Crippen LogP contribution in [0.1, 0.15) is 70.4 Å². The molecular weight excluding hydrogens is 353 g/mol. The van der Waals surface area contributed by atoms with Crippen molar-refractivity contribution in [3.8, 4) is 0 Å². The number of Topliss-reactive ketones (excluding diaryl/α,β-unsaturated/α-hetero) is 2. The van der Waals surface area contributed by atoms with Crippen LogP contribution in [0, 0.1) is 5.82 Å². The van der Waals surface area contributed by atoms with Gasteiger partial charge in [0, 0.05) is 42.7 Å². The van der Waals surface area contributed by atoms with Crippen LogP contribution in [0.5, 0.6) is 0 Å². The Labute approximate surface area is 165 Å². The highest BCUT2D eigenvalue weighted by atomic mass is 19.1. The van der Waals surface area contributed by atoms with Crippen molar-refractivity contribution in [2.45, 2.75) is 51.4 Å². The predicted molar refractivity (Wildman–Crippen MR) is 109 cm³/mol. The Hall–Kier alpha value is -2.49. The number of hydrogen-bond acceptors (Lipinski definition) is 3. The molecule has 0 bridgehead atoms. The van der Waals surface area contributed by atoms with Crippen molar-refractivity contribution in [2.24, 2.45) is 0 Å². The Morgan fingerprint density at radius 1 is 0.679 bits per heavy atom. The highest BCUT2D eigenvalue weighted by Crippen LogP contribution is 2.28. The zero-order valence-electron chi connectivity index (χ0n) is 16.2. The summed E-state index contributed by atoms with van der Waals surface area (Å²) in [6.07, 6.45) is 8.21. The first kappa shape index (κ1) is 18.9. The molecule has 4 heteroatoms. The third-order valence-electron chi connectivity index (χ3n) is 5.97. The fraction of sp³-hybridized carbons (Fsp3) is 0.417. The zero-order valence-corrected chi connectivity index (χ0v) is 16.2. The van der Waals surface area contributed by atoms with Crippen LogP contribution in [-0.4, -0.2) is 24.7 Å². The van der Waals surface area contributed by atoms with Gasteiger partial charge in [0.1, 0.15) is 5.82 Å². The van der Waals surface area contributed by atoms with Crippen LogP contribution in [0.3, 0.4) is 0 Å². The van der Waals surface area contributed by atoms with E-state index in [-0.39, 0.29) is 11.6 Å². The molecule has 2 aromatic rings. The lowest BCUT2D eigenvalue weighted by Gasteiger charge is -2.23. The lowest BCUT2D eigenvalue weighted by atomic mass is 10.1. The summed E-state index contributed by atoms with van der Waals surface area (Å²) in [7, 11) is 0. The molecule has 2 aromatic carbocycles. The molecule has 146 valence electrons. The third-order valence-corrected chi connectivity index (χ3v) is 5.97. The Morgan fingerprint density at radius 2 is 1.25 bits per heavy atom. The van der Waals surface area contributed by atoms with E-state index in [4.69, 9.17) is 0 Å². The molecule has 28 heavy (non-hydrogen) atoms. The number of carbonyl (C=O) groups is 2. The first-order chi connectivity index (χ1) is 13.6. The summed E-state index contributed by atoms with van der Waals surface area (Å²) in [5.74, 6) is 0.209. The topological polar surface area (TPSA) is 37.4 Å². The first-order valence-corrected chi connectivity index (χ1v) is 10.3. The van der Waals surface area contributed by atoms with Gasteiger partial charge >= 0.3 is 0 Å². The van der Waals surface area contributed by atoms with E-state index in [1.807, 2.05) is 6.07 Å². The molecule has 0 atom stereocenters. The van der Waals surface area contributed by atoms with Gasteiger partial charge in [0.2, 0.25) is 0 Å². The van der Waals surface area contributed by atoms with Gasteiger partial charge < -0.3 is 4.90 Å². The van der Waals surface area contributed by atoms with Crippen molar-refractivity contribution in [3.05, 3.63) is 64.5 Å². The molecule has 3 nitrogen and oxygen atoms in total. The molecule has 0 unspecified atom stereocenters. The largest absolute Gasteiger partial charge is 0.372 e. The Balaban J connectivity index is 0.000000151. The maximum absolute atomic E-state index is 12.6. The Kier molecular flexibility index (Phi) is 5.56. The maximum atomic E-state index is 12.6. The lowest BCUT2D eigenvalue weighted by molar-refractivity contribution is 0.0986. The van der Waals surface area contributed by atoms with Crippen LogP contribution in [0.2, 0.25) is 0 Å². The van der Waals surface area contributed by atoms with Crippen LogP contribution in [0.25, 0.3) is 0 Å². The summed E-state index contributed by atoms with van der Waals surface area (Å²) in [5.41, 5.74) is 5.10. The standard InChI is InChI=1S/C15H19NO.C9H7FO/c17-15-8-5-12-11-13(6-7-14(12)15)16-9-3-1-2-4-10-16;10-7-2-3-8-6(5-7)1-4-9(8)11/h6-7,11H,1-5,8-10H2;2-3,5H,1,4H2. The van der Waals surface area contributed by atoms with E-state index in [0.29, 0.717) is 30.6 Å². The summed E-state index contributed by atoms with van der Waals surface area (Å²) >= 11 is 0. The summed E-state index contributed by atoms with van der Waals surface area (Å²) in [4.78, 5) is 25.1. The molecule has 1 fully saturated rings. The molecular formula is C24H26FNO2. The van der Waals surface area contributed by atoms with Crippen LogP contribution in [-0.2, 0) is 12.8 Å². The smallest absolute Gasteiger partial charge is 0.163 e. The number of rotatable bonds is 1. The minimum absolute atomic E-state index is 0.139. The zero-order chi connectivity index (χ0) is 19.5. The van der Waals surface area contributed by atoms with Gasteiger partial charge in [0.05, 0.1) is 0 Å². The van der Waals surface area contributed by atoms with Crippen LogP contribution in [0.4, 0.5) is 10.1 Å². The second kappa shape index (κ2) is 8.26. The van der Waals surface area contributed by atoms with Crippen molar-refractivity contribution < 1.29 is 14.0 Å². The molecule has 0 radical (unpaired) electrons. The molecule has 0 N–H and O–H groups in total. The number of aryl methyl sites for hydroxylation is 2. The maximum Gasteiger partial charge on any atom is 0.163 e. The number of nitrogens with zero attached hydrogens (tertiary/aromatic N) is 1. The van der Waals surface area contributed by atoms with Crippen LogP contribution < -0.4 is 4.90 Å². The number of benzene rings is 2. The summed E-state index contributed by atoms with van der Waals surface area (Å²) in [6.45, 7) is 2.35. The Bertz CT molecular complexity index is 897. The Morgan fingerprint density at radius 3 is 1.89 bits per heavy atom. The average molecular weight is 379 g/mol. The number of carbonyl (C=O) groups excluding carboxylic acids is 2. The summed E-state index contributed by atoms with van der Waals surface area (Å²) < 4.78 is 12.6. The van der Waals surface area contributed by atoms with Gasteiger partial charge in [-0.25, -0.2) is 4.39 Å². The SMILES string of the molecule is O=C1CCc2cc(F)ccc21.O=C1CCc2cc(N3CCCCCC3)ccc21. The summed E-state index contributed by atoms with van der Waals surface area (Å²) in [5, 5.41) is 0. The van der Waals surface area contributed by atoms with Gasteiger partial charge in [-0.1, -0.05) is 12.8 Å². The molecule has 1 aliphatic heterocycles. The second-order valence-corrected chi connectivity index (χ2v) is 7.89. The lowest BCUT2D eigenvalue weighted by Crippen LogP contribution is -2.23. The van der Waals surface area contributed by atoms with Crippen LogP contribution in [0.15, 0.2) is 36.4 Å². The highest BCUT2D eigenvalue weighted by Gasteiger charge is 2.21. The minimum atomic E-state index is -0.251. The normalized spacial score (nSPS) is 18.2. The van der Waals surface area contributed by atoms with E-state index in [0.717, 1.165) is 17.5 Å². The van der Waals surface area contributed by atoms with Gasteiger partial charge in [0.15, 0.2) is 11.6 Å². The quantitative estimate of drug-likeness (QED) is 0.688. The average Bonchev–Trinajstić information content (AvgIpc) is 3.12. The molecule has 0 saturated carbocycles. The van der Waals surface area contributed by atoms with Gasteiger partial charge in [-0.15, -0.1) is 0 Å². The van der Waals surface area contributed by atoms with Crippen LogP contribution >= 0.6 is 0 Å². The minimum Gasteiger partial charge on any atom is -0.372 e. The van der Waals surface area contributed by atoms with Gasteiger partial charge in [-0.05, 0) is 73.2 Å².